The summed E-state index contributed by atoms with van der Waals surface area (Å²) in [6.45, 7) is 9.74. The number of allylic oxidation sites excluding steroid dienone is 1. The number of fused-ring (bicyclic) bond motifs is 6. The summed E-state index contributed by atoms with van der Waals surface area (Å²) < 4.78 is 5.90. The fourth-order valence-corrected chi connectivity index (χ4v) is 11.4. The van der Waals surface area contributed by atoms with Crippen LogP contribution in [-0.4, -0.2) is 55.6 Å². The third-order valence-electron chi connectivity index (χ3n) is 14.0. The van der Waals surface area contributed by atoms with Gasteiger partial charge in [0.2, 0.25) is 0 Å². The number of carboxylic acid groups (broad SMARTS) is 1. The molecule has 4 aliphatic rings. The third kappa shape index (κ3) is 7.51. The predicted molar refractivity (Wildman–Crippen MR) is 226 cm³/mol. The molecule has 3 unspecified atom stereocenters. The zero-order chi connectivity index (χ0) is 42.1. The minimum atomic E-state index is -0.947. The van der Waals surface area contributed by atoms with Crippen molar-refractivity contribution in [1.29, 1.82) is 0 Å². The van der Waals surface area contributed by atoms with Crippen LogP contribution >= 0.6 is 0 Å². The second-order valence-corrected chi connectivity index (χ2v) is 18.0. The third-order valence-corrected chi connectivity index (χ3v) is 14.0. The molecule has 4 fully saturated rings. The number of carboxylic acids is 1. The number of hydrogen-bond acceptors (Lipinski definition) is 8. The first kappa shape index (κ1) is 42.3. The van der Waals surface area contributed by atoms with Gasteiger partial charge in [0.1, 0.15) is 29.0 Å². The van der Waals surface area contributed by atoms with E-state index >= 15 is 0 Å². The Balaban J connectivity index is 0.000000180. The molecule has 4 aromatic heterocycles. The Morgan fingerprint density at radius 2 is 1.24 bits per heavy atom. The number of aryl methyl sites for hydroxylation is 2. The minimum Gasteiger partial charge on any atom is -0.478 e. The highest BCUT2D eigenvalue weighted by Gasteiger charge is 2.51. The molecule has 15 heteroatoms. The van der Waals surface area contributed by atoms with Crippen molar-refractivity contribution in [2.75, 3.05) is 0 Å². The molecule has 320 valence electrons. The first-order valence-corrected chi connectivity index (χ1v) is 22.3. The topological polar surface area (TPSA) is 200 Å². The highest BCUT2D eigenvalue weighted by Crippen LogP contribution is 2.56. The lowest BCUT2D eigenvalue weighted by Crippen LogP contribution is -2.44. The van der Waals surface area contributed by atoms with Gasteiger partial charge in [-0.3, -0.25) is 27.9 Å². The number of carbonyl (C=O) groups is 2. The van der Waals surface area contributed by atoms with E-state index in [-0.39, 0.29) is 44.7 Å². The Morgan fingerprint density at radius 3 is 1.76 bits per heavy atom. The van der Waals surface area contributed by atoms with E-state index in [1.807, 2.05) is 33.8 Å². The lowest BCUT2D eigenvalue weighted by atomic mass is 9.55. The first-order chi connectivity index (χ1) is 28.4. The smallest absolute Gasteiger partial charge is 0.332 e. The second kappa shape index (κ2) is 17.0. The number of aromatic amines is 2. The molecular weight excluding hydrogens is 753 g/mol. The summed E-state index contributed by atoms with van der Waals surface area (Å²) in [6.07, 6.45) is 19.9. The van der Waals surface area contributed by atoms with Crippen LogP contribution in [0.25, 0.3) is 22.3 Å². The van der Waals surface area contributed by atoms with Gasteiger partial charge >= 0.3 is 17.3 Å². The highest BCUT2D eigenvalue weighted by atomic mass is 16.4. The number of imidazole rings is 2. The van der Waals surface area contributed by atoms with Crippen molar-refractivity contribution in [3.8, 4) is 0 Å². The van der Waals surface area contributed by atoms with E-state index in [4.69, 9.17) is 9.97 Å². The molecule has 59 heavy (non-hydrogen) atoms. The maximum Gasteiger partial charge on any atom is 0.332 e. The van der Waals surface area contributed by atoms with Crippen LogP contribution in [0, 0.1) is 17.3 Å². The van der Waals surface area contributed by atoms with E-state index < -0.39 is 5.97 Å². The largest absolute Gasteiger partial charge is 0.478 e. The van der Waals surface area contributed by atoms with Crippen LogP contribution in [0.3, 0.4) is 0 Å². The van der Waals surface area contributed by atoms with Crippen LogP contribution in [0.15, 0.2) is 31.3 Å². The monoisotopic (exact) mass is 814 g/mol. The summed E-state index contributed by atoms with van der Waals surface area (Å²) in [4.78, 5) is 91.5. The van der Waals surface area contributed by atoms with E-state index in [9.17, 15) is 33.9 Å². The minimum absolute atomic E-state index is 0.0462. The van der Waals surface area contributed by atoms with Gasteiger partial charge in [-0.05, 0) is 95.3 Å². The SMILES string of the molecule is CCCn1c(=O)c2[nH]c(C34CCCC(C=O)(CCC3)C4)nc2n(CCC)c1=O.CCCn1c(=O)c2[nH]c(C34CCCC(CCC3C=CC(=O)O)C4)nc2n(CCC)c1=O. The van der Waals surface area contributed by atoms with Crippen molar-refractivity contribution in [3.63, 3.8) is 0 Å². The molecule has 3 N–H and O–H groups in total. The highest BCUT2D eigenvalue weighted by molar-refractivity contribution is 5.79. The van der Waals surface area contributed by atoms with Gasteiger partial charge in [0, 0.05) is 48.5 Å². The summed E-state index contributed by atoms with van der Waals surface area (Å²) in [7, 11) is 0. The lowest BCUT2D eigenvalue weighted by Gasteiger charge is -2.49. The quantitative estimate of drug-likeness (QED) is 0.106. The van der Waals surface area contributed by atoms with Gasteiger partial charge in [0.05, 0.1) is 0 Å². The molecule has 4 bridgehead atoms. The van der Waals surface area contributed by atoms with E-state index in [2.05, 4.69) is 9.97 Å². The summed E-state index contributed by atoms with van der Waals surface area (Å²) in [5, 5.41) is 9.19. The normalized spacial score (nSPS) is 26.6. The van der Waals surface area contributed by atoms with Crippen molar-refractivity contribution >= 4 is 34.6 Å². The zero-order valence-electron chi connectivity index (χ0n) is 35.3. The van der Waals surface area contributed by atoms with Crippen LogP contribution in [0.4, 0.5) is 0 Å². The molecule has 0 spiro atoms. The number of nitrogens with zero attached hydrogens (tertiary/aromatic N) is 6. The van der Waals surface area contributed by atoms with Crippen molar-refractivity contribution < 1.29 is 14.7 Å². The second-order valence-electron chi connectivity index (χ2n) is 18.0. The number of carbonyl (C=O) groups excluding carboxylic acids is 1. The van der Waals surface area contributed by atoms with Crippen molar-refractivity contribution in [2.24, 2.45) is 17.3 Å². The number of rotatable bonds is 13. The van der Waals surface area contributed by atoms with Gasteiger partial charge < -0.3 is 19.9 Å². The zero-order valence-corrected chi connectivity index (χ0v) is 35.3. The summed E-state index contributed by atoms with van der Waals surface area (Å²) in [5.74, 6) is 1.22. The van der Waals surface area contributed by atoms with Crippen LogP contribution in [0.2, 0.25) is 0 Å². The molecule has 0 amide bonds. The van der Waals surface area contributed by atoms with E-state index in [1.54, 1.807) is 9.13 Å². The van der Waals surface area contributed by atoms with Gasteiger partial charge in [0.25, 0.3) is 11.1 Å². The Bertz CT molecular complexity index is 2470. The molecule has 0 saturated heterocycles. The van der Waals surface area contributed by atoms with Crippen LogP contribution in [-0.2, 0) is 46.6 Å². The van der Waals surface area contributed by atoms with Gasteiger partial charge in [0.15, 0.2) is 11.3 Å². The van der Waals surface area contributed by atoms with Crippen molar-refractivity contribution in [1.82, 2.24) is 38.2 Å². The summed E-state index contributed by atoms with van der Waals surface area (Å²) in [5.41, 5.74) is -0.200. The summed E-state index contributed by atoms with van der Waals surface area (Å²) >= 11 is 0. The fraction of sp³-hybridized carbons (Fsp3) is 0.682. The van der Waals surface area contributed by atoms with Crippen LogP contribution in [0.5, 0.6) is 0 Å². The van der Waals surface area contributed by atoms with E-state index in [0.717, 1.165) is 114 Å². The molecule has 3 atom stereocenters. The van der Waals surface area contributed by atoms with E-state index in [1.165, 1.54) is 21.6 Å². The first-order valence-electron chi connectivity index (χ1n) is 22.3. The summed E-state index contributed by atoms with van der Waals surface area (Å²) in [6, 6.07) is 0. The average Bonchev–Trinajstić information content (AvgIpc) is 3.89. The molecule has 4 aromatic rings. The Hall–Kier alpha value is -4.82. The number of hydrogen-bond donors (Lipinski definition) is 3. The van der Waals surface area contributed by atoms with Gasteiger partial charge in [-0.2, -0.15) is 0 Å². The number of H-pyrrole nitrogens is 2. The molecule has 0 aromatic carbocycles. The Kier molecular flexibility index (Phi) is 12.2. The predicted octanol–water partition coefficient (Wildman–Crippen LogP) is 6.07. The average molecular weight is 815 g/mol. The van der Waals surface area contributed by atoms with Gasteiger partial charge in [-0.25, -0.2) is 24.4 Å². The Labute approximate surface area is 343 Å². The molecule has 4 aliphatic carbocycles. The fourth-order valence-electron chi connectivity index (χ4n) is 11.4. The number of aliphatic carboxylic acids is 1. The number of aromatic nitrogens is 8. The maximum absolute atomic E-state index is 13.1. The van der Waals surface area contributed by atoms with Gasteiger partial charge in [-0.1, -0.05) is 59.5 Å². The molecule has 8 rings (SSSR count). The van der Waals surface area contributed by atoms with Gasteiger partial charge in [-0.15, -0.1) is 0 Å². The van der Waals surface area contributed by atoms with Crippen molar-refractivity contribution in [3.05, 3.63) is 65.5 Å². The molecule has 15 nitrogen and oxygen atoms in total. The van der Waals surface area contributed by atoms with Crippen LogP contribution < -0.4 is 22.5 Å². The number of aldehydes is 1. The Morgan fingerprint density at radius 1 is 0.712 bits per heavy atom. The standard InChI is InChI=1S/C23H32N4O4.C21H30N4O3/c1-3-12-26-19-18(20(30)27(13-4-2)22(26)31)24-21(25-19)23-11-5-6-15(14-23)7-8-16(23)9-10-17(28)29;1-3-11-24-16-15(17(27)25(12-4-2)19(24)28)22-18(23-16)21-9-5-7-20(13-21,14-26)8-6-10-21/h9-10,15-16H,3-8,11-14H2,1-2H3,(H,24,25)(H,28,29);14H,3-13H2,1-2H3,(H,22,23). The van der Waals surface area contributed by atoms with Crippen molar-refractivity contribution in [2.45, 2.75) is 174 Å². The van der Waals surface area contributed by atoms with Crippen LogP contribution in [0.1, 0.15) is 148 Å². The number of nitrogens with one attached hydrogen (secondary N) is 2. The lowest BCUT2D eigenvalue weighted by molar-refractivity contribution is -0.131. The molecule has 0 radical (unpaired) electrons. The molecule has 0 aliphatic heterocycles. The maximum atomic E-state index is 13.1. The molecule has 4 heterocycles. The van der Waals surface area contributed by atoms with E-state index in [0.29, 0.717) is 60.8 Å². The molecule has 4 saturated carbocycles. The molecular formula is C44H62N8O7.